The number of nitrogens with zero attached hydrogens (tertiary/aromatic N) is 5. The van der Waals surface area contributed by atoms with E-state index in [1.807, 2.05) is 57.2 Å². The van der Waals surface area contributed by atoms with Crippen LogP contribution in [0, 0.1) is 20.8 Å². The van der Waals surface area contributed by atoms with E-state index in [4.69, 9.17) is 0 Å². The number of rotatable bonds is 3. The Labute approximate surface area is 140 Å². The van der Waals surface area contributed by atoms with Gasteiger partial charge in [0, 0.05) is 12.7 Å². The van der Waals surface area contributed by atoms with Crippen LogP contribution in [0.4, 0.5) is 5.82 Å². The molecule has 1 aromatic carbocycles. The lowest BCUT2D eigenvalue weighted by atomic mass is 10.2. The highest BCUT2D eigenvalue weighted by Gasteiger charge is 2.22. The minimum Gasteiger partial charge on any atom is -0.294 e. The molecule has 0 atom stereocenters. The van der Waals surface area contributed by atoms with Crippen LogP contribution in [0.15, 0.2) is 42.5 Å². The molecule has 0 aliphatic carbocycles. The second-order valence-electron chi connectivity index (χ2n) is 5.77. The SMILES string of the molecule is Cc1ccc(-n2nnc(C(=O)N(C)c3cccc(C)n3)c2C)cc1. The van der Waals surface area contributed by atoms with Crippen LogP contribution < -0.4 is 4.90 Å². The lowest BCUT2D eigenvalue weighted by Gasteiger charge is -2.15. The molecule has 2 heterocycles. The summed E-state index contributed by atoms with van der Waals surface area (Å²) >= 11 is 0. The molecule has 0 saturated carbocycles. The van der Waals surface area contributed by atoms with Gasteiger partial charge in [0.25, 0.3) is 5.91 Å². The molecule has 24 heavy (non-hydrogen) atoms. The predicted molar refractivity (Wildman–Crippen MR) is 92.5 cm³/mol. The van der Waals surface area contributed by atoms with Crippen LogP contribution in [0.3, 0.4) is 0 Å². The number of benzene rings is 1. The number of hydrogen-bond donors (Lipinski definition) is 0. The number of aryl methyl sites for hydroxylation is 2. The van der Waals surface area contributed by atoms with Crippen molar-refractivity contribution >= 4 is 11.7 Å². The molecule has 1 amide bonds. The third-order valence-corrected chi connectivity index (χ3v) is 3.90. The third-order valence-electron chi connectivity index (χ3n) is 3.90. The molecule has 0 spiro atoms. The number of hydrogen-bond acceptors (Lipinski definition) is 4. The number of carbonyl (C=O) groups is 1. The summed E-state index contributed by atoms with van der Waals surface area (Å²) in [5.74, 6) is 0.355. The van der Waals surface area contributed by atoms with Crippen molar-refractivity contribution < 1.29 is 4.79 Å². The van der Waals surface area contributed by atoms with Crippen molar-refractivity contribution in [2.45, 2.75) is 20.8 Å². The zero-order valence-corrected chi connectivity index (χ0v) is 14.2. The highest BCUT2D eigenvalue weighted by molar-refractivity contribution is 6.04. The standard InChI is InChI=1S/C18H19N5O/c1-12-8-10-15(11-9-12)23-14(3)17(20-21-23)18(24)22(4)16-7-5-6-13(2)19-16/h5-11H,1-4H3. The summed E-state index contributed by atoms with van der Waals surface area (Å²) in [6.07, 6.45) is 0. The Kier molecular flexibility index (Phi) is 4.12. The van der Waals surface area contributed by atoms with Gasteiger partial charge in [-0.25, -0.2) is 9.67 Å². The third kappa shape index (κ3) is 2.90. The monoisotopic (exact) mass is 321 g/mol. The van der Waals surface area contributed by atoms with Crippen molar-refractivity contribution in [3.63, 3.8) is 0 Å². The molecular formula is C18H19N5O. The maximum atomic E-state index is 12.7. The van der Waals surface area contributed by atoms with E-state index in [1.165, 1.54) is 4.90 Å². The van der Waals surface area contributed by atoms with Crippen LogP contribution in [0.2, 0.25) is 0 Å². The smallest absolute Gasteiger partial charge is 0.281 e. The van der Waals surface area contributed by atoms with E-state index in [9.17, 15) is 4.79 Å². The normalized spacial score (nSPS) is 10.7. The molecule has 2 aromatic heterocycles. The van der Waals surface area contributed by atoms with E-state index >= 15 is 0 Å². The Morgan fingerprint density at radius 1 is 1.04 bits per heavy atom. The molecule has 0 radical (unpaired) electrons. The highest BCUT2D eigenvalue weighted by atomic mass is 16.2. The van der Waals surface area contributed by atoms with E-state index in [-0.39, 0.29) is 5.91 Å². The maximum Gasteiger partial charge on any atom is 0.281 e. The summed E-state index contributed by atoms with van der Waals surface area (Å²) in [6.45, 7) is 5.75. The first-order valence-corrected chi connectivity index (χ1v) is 7.68. The lowest BCUT2D eigenvalue weighted by Crippen LogP contribution is -2.28. The number of amides is 1. The quantitative estimate of drug-likeness (QED) is 0.744. The Balaban J connectivity index is 1.92. The van der Waals surface area contributed by atoms with E-state index in [1.54, 1.807) is 17.8 Å². The molecule has 0 saturated heterocycles. The number of pyridine rings is 1. The van der Waals surface area contributed by atoms with Gasteiger partial charge in [0.05, 0.1) is 11.4 Å². The maximum absolute atomic E-state index is 12.7. The zero-order chi connectivity index (χ0) is 17.3. The van der Waals surface area contributed by atoms with Gasteiger partial charge in [-0.3, -0.25) is 9.69 Å². The van der Waals surface area contributed by atoms with E-state index in [2.05, 4.69) is 15.3 Å². The van der Waals surface area contributed by atoms with Crippen molar-refractivity contribution in [2.24, 2.45) is 0 Å². The van der Waals surface area contributed by atoms with Gasteiger partial charge in [-0.2, -0.15) is 0 Å². The van der Waals surface area contributed by atoms with Crippen molar-refractivity contribution in [3.8, 4) is 5.69 Å². The molecular weight excluding hydrogens is 302 g/mol. The fraction of sp³-hybridized carbons (Fsp3) is 0.222. The minimum atomic E-state index is -0.232. The largest absolute Gasteiger partial charge is 0.294 e. The molecule has 122 valence electrons. The minimum absolute atomic E-state index is 0.232. The number of anilines is 1. The first-order valence-electron chi connectivity index (χ1n) is 7.68. The van der Waals surface area contributed by atoms with Crippen molar-refractivity contribution in [3.05, 3.63) is 65.1 Å². The molecule has 0 aliphatic heterocycles. The fourth-order valence-corrected chi connectivity index (χ4v) is 2.44. The topological polar surface area (TPSA) is 63.9 Å². The Morgan fingerprint density at radius 2 is 1.75 bits per heavy atom. The number of aromatic nitrogens is 4. The second-order valence-corrected chi connectivity index (χ2v) is 5.77. The van der Waals surface area contributed by atoms with Gasteiger partial charge in [-0.15, -0.1) is 5.10 Å². The van der Waals surface area contributed by atoms with Gasteiger partial charge >= 0.3 is 0 Å². The van der Waals surface area contributed by atoms with Crippen molar-refractivity contribution in [2.75, 3.05) is 11.9 Å². The number of carbonyl (C=O) groups excluding carboxylic acids is 1. The molecule has 0 fully saturated rings. The summed E-state index contributed by atoms with van der Waals surface area (Å²) < 4.78 is 1.67. The van der Waals surface area contributed by atoms with Crippen LogP contribution in [-0.4, -0.2) is 32.9 Å². The van der Waals surface area contributed by atoms with E-state index in [0.29, 0.717) is 17.2 Å². The summed E-state index contributed by atoms with van der Waals surface area (Å²) in [5.41, 5.74) is 3.91. The van der Waals surface area contributed by atoms with E-state index < -0.39 is 0 Å². The molecule has 0 aliphatic rings. The van der Waals surface area contributed by atoms with Gasteiger partial charge in [-0.05, 0) is 45.0 Å². The molecule has 3 aromatic rings. The summed E-state index contributed by atoms with van der Waals surface area (Å²) in [5, 5.41) is 8.21. The molecule has 6 heteroatoms. The van der Waals surface area contributed by atoms with Crippen LogP contribution in [-0.2, 0) is 0 Å². The van der Waals surface area contributed by atoms with Gasteiger partial charge in [0.2, 0.25) is 0 Å². The second kappa shape index (κ2) is 6.23. The lowest BCUT2D eigenvalue weighted by molar-refractivity contribution is 0.0987. The van der Waals surface area contributed by atoms with Crippen molar-refractivity contribution in [1.82, 2.24) is 20.0 Å². The van der Waals surface area contributed by atoms with Crippen LogP contribution in [0.25, 0.3) is 5.69 Å². The highest BCUT2D eigenvalue weighted by Crippen LogP contribution is 2.17. The average Bonchev–Trinajstić information content (AvgIpc) is 2.96. The van der Waals surface area contributed by atoms with Gasteiger partial charge in [-0.1, -0.05) is 29.0 Å². The first kappa shape index (κ1) is 15.9. The molecule has 0 N–H and O–H groups in total. The Morgan fingerprint density at radius 3 is 2.42 bits per heavy atom. The molecule has 3 rings (SSSR count). The Bertz CT molecular complexity index is 883. The van der Waals surface area contributed by atoms with Crippen molar-refractivity contribution in [1.29, 1.82) is 0 Å². The molecule has 6 nitrogen and oxygen atoms in total. The van der Waals surface area contributed by atoms with Crippen LogP contribution in [0.5, 0.6) is 0 Å². The molecule has 0 bridgehead atoms. The van der Waals surface area contributed by atoms with Crippen LogP contribution >= 0.6 is 0 Å². The van der Waals surface area contributed by atoms with Gasteiger partial charge in [0.1, 0.15) is 5.82 Å². The van der Waals surface area contributed by atoms with Crippen LogP contribution in [0.1, 0.15) is 27.4 Å². The fourth-order valence-electron chi connectivity index (χ4n) is 2.44. The van der Waals surface area contributed by atoms with E-state index in [0.717, 1.165) is 16.9 Å². The Hall–Kier alpha value is -3.02. The zero-order valence-electron chi connectivity index (χ0n) is 14.2. The van der Waals surface area contributed by atoms with Gasteiger partial charge < -0.3 is 0 Å². The summed E-state index contributed by atoms with van der Waals surface area (Å²) in [6, 6.07) is 13.5. The molecule has 0 unspecified atom stereocenters. The first-order chi connectivity index (χ1) is 11.5. The van der Waals surface area contributed by atoms with Gasteiger partial charge in [0.15, 0.2) is 5.69 Å². The summed E-state index contributed by atoms with van der Waals surface area (Å²) in [7, 11) is 1.69. The average molecular weight is 321 g/mol. The predicted octanol–water partition coefficient (Wildman–Crippen LogP) is 2.86. The summed E-state index contributed by atoms with van der Waals surface area (Å²) in [4.78, 5) is 18.6.